The van der Waals surface area contributed by atoms with Crippen molar-refractivity contribution in [2.24, 2.45) is 0 Å². The predicted molar refractivity (Wildman–Crippen MR) is 112 cm³/mol. The maximum Gasteiger partial charge on any atom is 0.225 e. The Balaban J connectivity index is 1.92. The van der Waals surface area contributed by atoms with Crippen LogP contribution in [0.3, 0.4) is 0 Å². The molecule has 2 aromatic heterocycles. The number of benzene rings is 2. The first kappa shape index (κ1) is 17.3. The number of hydrogen-bond acceptors (Lipinski definition) is 5. The molecule has 0 atom stereocenters. The van der Waals surface area contributed by atoms with Gasteiger partial charge in [0.15, 0.2) is 0 Å². The number of hydrogen-bond donors (Lipinski definition) is 1. The van der Waals surface area contributed by atoms with Crippen LogP contribution in [-0.4, -0.2) is 22.1 Å². The smallest absolute Gasteiger partial charge is 0.225 e. The second kappa shape index (κ2) is 6.87. The molecule has 0 aliphatic carbocycles. The average Bonchev–Trinajstić information content (AvgIpc) is 3.05. The highest BCUT2D eigenvalue weighted by Crippen LogP contribution is 2.40. The molecular formula is C19H13BrClN3OS. The number of phenols is 1. The van der Waals surface area contributed by atoms with Gasteiger partial charge in [-0.25, -0.2) is 4.98 Å². The van der Waals surface area contributed by atoms with Crippen molar-refractivity contribution in [2.75, 3.05) is 11.9 Å². The zero-order chi connectivity index (χ0) is 18.3. The molecule has 4 rings (SSSR count). The monoisotopic (exact) mass is 445 g/mol. The third-order valence-corrected chi connectivity index (χ3v) is 5.67. The van der Waals surface area contributed by atoms with Crippen LogP contribution >= 0.6 is 38.9 Å². The molecule has 26 heavy (non-hydrogen) atoms. The highest BCUT2D eigenvalue weighted by molar-refractivity contribution is 9.10. The van der Waals surface area contributed by atoms with Crippen molar-refractivity contribution in [1.82, 2.24) is 9.97 Å². The van der Waals surface area contributed by atoms with Gasteiger partial charge in [-0.1, -0.05) is 28.1 Å². The molecule has 0 unspecified atom stereocenters. The van der Waals surface area contributed by atoms with Gasteiger partial charge >= 0.3 is 0 Å². The quantitative estimate of drug-likeness (QED) is 0.378. The largest absolute Gasteiger partial charge is 0.508 e. The first-order valence-corrected chi connectivity index (χ1v) is 9.81. The van der Waals surface area contributed by atoms with Gasteiger partial charge in [0.05, 0.1) is 5.39 Å². The van der Waals surface area contributed by atoms with Crippen molar-refractivity contribution in [2.45, 2.75) is 0 Å². The van der Waals surface area contributed by atoms with Gasteiger partial charge in [0, 0.05) is 28.2 Å². The molecule has 0 radical (unpaired) electrons. The molecule has 0 aliphatic rings. The highest BCUT2D eigenvalue weighted by Gasteiger charge is 2.18. The minimum Gasteiger partial charge on any atom is -0.508 e. The molecule has 4 nitrogen and oxygen atoms in total. The molecule has 1 N–H and O–H groups in total. The van der Waals surface area contributed by atoms with Crippen LogP contribution in [0.5, 0.6) is 5.75 Å². The first-order chi connectivity index (χ1) is 12.5. The van der Waals surface area contributed by atoms with Crippen molar-refractivity contribution < 1.29 is 5.11 Å². The van der Waals surface area contributed by atoms with E-state index in [-0.39, 0.29) is 11.0 Å². The zero-order valence-corrected chi connectivity index (χ0v) is 16.8. The minimum absolute atomic E-state index is 0.210. The molecule has 0 amide bonds. The van der Waals surface area contributed by atoms with Gasteiger partial charge in [-0.2, -0.15) is 4.98 Å². The topological polar surface area (TPSA) is 49.2 Å². The second-order valence-corrected chi connectivity index (χ2v) is 7.84. The van der Waals surface area contributed by atoms with Crippen LogP contribution in [0.15, 0.2) is 58.4 Å². The Morgan fingerprint density at radius 3 is 2.42 bits per heavy atom. The second-order valence-electron chi connectivity index (χ2n) is 5.73. The van der Waals surface area contributed by atoms with Crippen LogP contribution in [0.4, 0.5) is 11.5 Å². The molecule has 0 bridgehead atoms. The molecule has 0 saturated heterocycles. The van der Waals surface area contributed by atoms with E-state index in [4.69, 9.17) is 11.6 Å². The van der Waals surface area contributed by atoms with Crippen LogP contribution in [0.25, 0.3) is 21.3 Å². The Kier molecular flexibility index (Phi) is 4.56. The SMILES string of the molecule is CN(c1ccc(O)cc1)c1nc(Cl)nc2scc(-c3ccc(Br)cc3)c12. The summed E-state index contributed by atoms with van der Waals surface area (Å²) < 4.78 is 1.03. The number of halogens is 2. The number of thiophene rings is 1. The number of aromatic nitrogens is 2. The molecule has 0 fully saturated rings. The van der Waals surface area contributed by atoms with Crippen molar-refractivity contribution in [3.05, 3.63) is 63.7 Å². The lowest BCUT2D eigenvalue weighted by molar-refractivity contribution is 0.475. The number of aromatic hydroxyl groups is 1. The van der Waals surface area contributed by atoms with Gasteiger partial charge in [0.25, 0.3) is 0 Å². The van der Waals surface area contributed by atoms with E-state index in [1.807, 2.05) is 36.2 Å². The summed E-state index contributed by atoms with van der Waals surface area (Å²) in [5.74, 6) is 0.948. The molecule has 0 saturated carbocycles. The summed E-state index contributed by atoms with van der Waals surface area (Å²) in [5, 5.41) is 12.8. The lowest BCUT2D eigenvalue weighted by atomic mass is 10.1. The summed E-state index contributed by atoms with van der Waals surface area (Å²) in [7, 11) is 1.92. The van der Waals surface area contributed by atoms with E-state index in [0.29, 0.717) is 0 Å². The van der Waals surface area contributed by atoms with Crippen molar-refractivity contribution in [3.63, 3.8) is 0 Å². The van der Waals surface area contributed by atoms with Crippen LogP contribution in [0.1, 0.15) is 0 Å². The Bertz CT molecular complexity index is 1080. The van der Waals surface area contributed by atoms with Gasteiger partial charge in [-0.15, -0.1) is 11.3 Å². The Morgan fingerprint density at radius 1 is 1.04 bits per heavy atom. The number of phenolic OH excluding ortho intramolecular Hbond substituents is 1. The van der Waals surface area contributed by atoms with E-state index in [0.717, 1.165) is 37.3 Å². The number of nitrogens with zero attached hydrogens (tertiary/aromatic N) is 3. The lowest BCUT2D eigenvalue weighted by Gasteiger charge is -2.20. The van der Waals surface area contributed by atoms with Gasteiger partial charge in [-0.3, -0.25) is 0 Å². The molecule has 0 aliphatic heterocycles. The summed E-state index contributed by atoms with van der Waals surface area (Å²) in [6, 6.07) is 15.1. The van der Waals surface area contributed by atoms with E-state index < -0.39 is 0 Å². The summed E-state index contributed by atoms with van der Waals surface area (Å²) in [4.78, 5) is 11.7. The summed E-state index contributed by atoms with van der Waals surface area (Å²) in [6.07, 6.45) is 0. The maximum absolute atomic E-state index is 9.54. The third kappa shape index (κ3) is 3.16. The van der Waals surface area contributed by atoms with Crippen LogP contribution in [0.2, 0.25) is 5.28 Å². The van der Waals surface area contributed by atoms with Crippen molar-refractivity contribution >= 4 is 60.6 Å². The molecule has 0 spiro atoms. The lowest BCUT2D eigenvalue weighted by Crippen LogP contribution is -2.12. The molecular weight excluding hydrogens is 434 g/mol. The van der Waals surface area contributed by atoms with Gasteiger partial charge in [0.1, 0.15) is 16.4 Å². The van der Waals surface area contributed by atoms with Gasteiger partial charge in [0.2, 0.25) is 5.28 Å². The number of anilines is 2. The first-order valence-electron chi connectivity index (χ1n) is 7.76. The molecule has 2 heterocycles. The van der Waals surface area contributed by atoms with Crippen LogP contribution in [-0.2, 0) is 0 Å². The maximum atomic E-state index is 9.54. The normalized spacial score (nSPS) is 11.0. The fourth-order valence-corrected chi connectivity index (χ4v) is 4.20. The average molecular weight is 447 g/mol. The van der Waals surface area contributed by atoms with Crippen LogP contribution in [0, 0.1) is 0 Å². The van der Waals surface area contributed by atoms with Crippen LogP contribution < -0.4 is 4.90 Å². The van der Waals surface area contributed by atoms with Gasteiger partial charge in [-0.05, 0) is 53.6 Å². The summed E-state index contributed by atoms with van der Waals surface area (Å²) in [6.45, 7) is 0. The van der Waals surface area contributed by atoms with E-state index in [1.54, 1.807) is 23.5 Å². The number of fused-ring (bicyclic) bond motifs is 1. The minimum atomic E-state index is 0.210. The standard InChI is InChI=1S/C19H13BrClN3OS/c1-24(13-6-8-14(25)9-7-13)17-16-15(11-2-4-12(20)5-3-11)10-26-18(16)23-19(21)22-17/h2-10,25H,1H3. The Labute approximate surface area is 167 Å². The van der Waals surface area contributed by atoms with Crippen molar-refractivity contribution in [3.8, 4) is 16.9 Å². The molecule has 4 aromatic rings. The van der Waals surface area contributed by atoms with Gasteiger partial charge < -0.3 is 10.0 Å². The number of rotatable bonds is 3. The molecule has 2 aromatic carbocycles. The Hall–Kier alpha value is -2.15. The van der Waals surface area contributed by atoms with Crippen molar-refractivity contribution in [1.29, 1.82) is 0 Å². The predicted octanol–water partition coefficient (Wildman–Crippen LogP) is 6.25. The van der Waals surface area contributed by atoms with E-state index >= 15 is 0 Å². The summed E-state index contributed by atoms with van der Waals surface area (Å²) in [5.41, 5.74) is 3.05. The van der Waals surface area contributed by atoms with E-state index in [9.17, 15) is 5.11 Å². The highest BCUT2D eigenvalue weighted by atomic mass is 79.9. The zero-order valence-electron chi connectivity index (χ0n) is 13.6. The molecule has 7 heteroatoms. The Morgan fingerprint density at radius 2 is 1.73 bits per heavy atom. The van der Waals surface area contributed by atoms with E-state index in [1.165, 1.54) is 0 Å². The summed E-state index contributed by atoms with van der Waals surface area (Å²) >= 11 is 11.2. The molecule has 130 valence electrons. The third-order valence-electron chi connectivity index (χ3n) is 4.10. The fourth-order valence-electron chi connectivity index (χ4n) is 2.78. The fraction of sp³-hybridized carbons (Fsp3) is 0.0526. The van der Waals surface area contributed by atoms with E-state index in [2.05, 4.69) is 43.4 Å².